The maximum absolute atomic E-state index is 4.75. The van der Waals surface area contributed by atoms with Crippen LogP contribution in [0.15, 0.2) is 12.3 Å². The summed E-state index contributed by atoms with van der Waals surface area (Å²) < 4.78 is 1.97. The van der Waals surface area contributed by atoms with Gasteiger partial charge in [-0.2, -0.15) is 5.10 Å². The van der Waals surface area contributed by atoms with Crippen molar-refractivity contribution in [1.29, 1.82) is 0 Å². The van der Waals surface area contributed by atoms with E-state index in [1.165, 1.54) is 5.56 Å². The number of anilines is 1. The minimum Gasteiger partial charge on any atom is -0.370 e. The monoisotopic (exact) mass is 287 g/mol. The van der Waals surface area contributed by atoms with Crippen LogP contribution in [0.1, 0.15) is 51.3 Å². The van der Waals surface area contributed by atoms with Gasteiger partial charge in [0, 0.05) is 30.5 Å². The molecular weight excluding hydrogens is 262 g/mol. The highest BCUT2D eigenvalue weighted by atomic mass is 15.3. The topological polar surface area (TPSA) is 55.6 Å². The molecule has 1 N–H and O–H groups in total. The Morgan fingerprint density at radius 2 is 2.00 bits per heavy atom. The number of hydrogen-bond acceptors (Lipinski definition) is 4. The molecule has 0 saturated carbocycles. The second kappa shape index (κ2) is 6.70. The van der Waals surface area contributed by atoms with Gasteiger partial charge >= 0.3 is 0 Å². The average molecular weight is 287 g/mol. The van der Waals surface area contributed by atoms with Crippen LogP contribution in [0.2, 0.25) is 0 Å². The Kier molecular flexibility index (Phi) is 4.94. The van der Waals surface area contributed by atoms with Gasteiger partial charge in [-0.3, -0.25) is 4.68 Å². The summed E-state index contributed by atoms with van der Waals surface area (Å²) in [7, 11) is 0. The Balaban J connectivity index is 2.52. The van der Waals surface area contributed by atoms with Crippen LogP contribution in [0.4, 0.5) is 5.82 Å². The molecule has 2 rings (SSSR count). The first-order valence-corrected chi connectivity index (χ1v) is 7.73. The van der Waals surface area contributed by atoms with Crippen LogP contribution >= 0.6 is 0 Å². The number of nitrogens with one attached hydrogen (secondary N) is 1. The Bertz CT molecular complexity index is 601. The molecule has 0 amide bonds. The van der Waals surface area contributed by atoms with E-state index in [1.807, 2.05) is 16.9 Å². The summed E-state index contributed by atoms with van der Waals surface area (Å²) in [6, 6.07) is 1.98. The van der Waals surface area contributed by atoms with Crippen molar-refractivity contribution in [2.45, 2.75) is 53.5 Å². The summed E-state index contributed by atoms with van der Waals surface area (Å²) in [5.41, 5.74) is 3.21. The second-order valence-corrected chi connectivity index (χ2v) is 5.52. The van der Waals surface area contributed by atoms with Gasteiger partial charge in [-0.15, -0.1) is 0 Å². The fraction of sp³-hybridized carbons (Fsp3) is 0.562. The van der Waals surface area contributed by atoms with Crippen LogP contribution in [0.5, 0.6) is 0 Å². The number of nitrogens with zero attached hydrogens (tertiary/aromatic N) is 4. The molecule has 2 aromatic heterocycles. The van der Waals surface area contributed by atoms with E-state index < -0.39 is 0 Å². The third kappa shape index (κ3) is 3.23. The molecule has 5 heteroatoms. The van der Waals surface area contributed by atoms with E-state index >= 15 is 0 Å². The molecule has 0 aromatic carbocycles. The van der Waals surface area contributed by atoms with Gasteiger partial charge in [-0.25, -0.2) is 9.97 Å². The summed E-state index contributed by atoms with van der Waals surface area (Å²) >= 11 is 0. The lowest BCUT2D eigenvalue weighted by Crippen LogP contribution is -2.11. The molecule has 0 atom stereocenters. The van der Waals surface area contributed by atoms with Gasteiger partial charge in [0.1, 0.15) is 11.5 Å². The van der Waals surface area contributed by atoms with Crippen LogP contribution in [0.3, 0.4) is 0 Å². The molecule has 5 nitrogen and oxygen atoms in total. The SMILES string of the molecule is CCCn1nccc1-c1nc(C)c(C(C)C)c(NCC)n1. The van der Waals surface area contributed by atoms with E-state index in [4.69, 9.17) is 9.97 Å². The van der Waals surface area contributed by atoms with Gasteiger partial charge in [-0.05, 0) is 32.3 Å². The normalized spacial score (nSPS) is 11.1. The molecule has 2 heterocycles. The van der Waals surface area contributed by atoms with E-state index in [1.54, 1.807) is 0 Å². The van der Waals surface area contributed by atoms with Crippen molar-refractivity contribution in [2.24, 2.45) is 0 Å². The summed E-state index contributed by atoms with van der Waals surface area (Å²) in [4.78, 5) is 9.46. The number of hydrogen-bond donors (Lipinski definition) is 1. The third-order valence-corrected chi connectivity index (χ3v) is 3.44. The standard InChI is InChI=1S/C16H25N5/c1-6-10-21-13(8-9-18-21)15-19-12(5)14(11(3)4)16(20-15)17-7-2/h8-9,11H,6-7,10H2,1-5H3,(H,17,19,20). The van der Waals surface area contributed by atoms with E-state index in [0.29, 0.717) is 5.92 Å². The lowest BCUT2D eigenvalue weighted by Gasteiger charge is -2.17. The summed E-state index contributed by atoms with van der Waals surface area (Å²) in [6.07, 6.45) is 2.85. The zero-order valence-electron chi connectivity index (χ0n) is 13.6. The van der Waals surface area contributed by atoms with E-state index in [-0.39, 0.29) is 0 Å². The number of aromatic nitrogens is 4. The quantitative estimate of drug-likeness (QED) is 0.881. The molecule has 0 unspecified atom stereocenters. The molecular formula is C16H25N5. The van der Waals surface area contributed by atoms with Crippen molar-refractivity contribution < 1.29 is 0 Å². The van der Waals surface area contributed by atoms with Crippen molar-refractivity contribution in [3.8, 4) is 11.5 Å². The van der Waals surface area contributed by atoms with E-state index in [0.717, 1.165) is 42.5 Å². The summed E-state index contributed by atoms with van der Waals surface area (Å²) in [5.74, 6) is 2.09. The van der Waals surface area contributed by atoms with Crippen molar-refractivity contribution in [3.63, 3.8) is 0 Å². The van der Waals surface area contributed by atoms with E-state index in [2.05, 4.69) is 45.0 Å². The highest BCUT2D eigenvalue weighted by molar-refractivity contribution is 5.57. The van der Waals surface area contributed by atoms with Crippen LogP contribution in [0, 0.1) is 6.92 Å². The molecule has 0 radical (unpaired) electrons. The molecule has 0 aliphatic carbocycles. The fourth-order valence-electron chi connectivity index (χ4n) is 2.60. The van der Waals surface area contributed by atoms with Gasteiger partial charge in [0.15, 0.2) is 5.82 Å². The molecule has 0 spiro atoms. The van der Waals surface area contributed by atoms with Crippen LogP contribution in [-0.4, -0.2) is 26.3 Å². The molecule has 0 bridgehead atoms. The minimum atomic E-state index is 0.397. The zero-order chi connectivity index (χ0) is 15.4. The predicted octanol–water partition coefficient (Wildman–Crippen LogP) is 3.61. The fourth-order valence-corrected chi connectivity index (χ4v) is 2.60. The molecule has 0 aliphatic rings. The largest absolute Gasteiger partial charge is 0.370 e. The predicted molar refractivity (Wildman–Crippen MR) is 86.5 cm³/mol. The Labute approximate surface area is 126 Å². The van der Waals surface area contributed by atoms with Gasteiger partial charge in [0.25, 0.3) is 0 Å². The van der Waals surface area contributed by atoms with Crippen molar-refractivity contribution >= 4 is 5.82 Å². The molecule has 0 fully saturated rings. The van der Waals surface area contributed by atoms with Crippen molar-refractivity contribution in [2.75, 3.05) is 11.9 Å². The number of rotatable bonds is 6. The summed E-state index contributed by atoms with van der Waals surface area (Å²) in [6.45, 7) is 12.4. The zero-order valence-corrected chi connectivity index (χ0v) is 13.6. The Hall–Kier alpha value is -1.91. The minimum absolute atomic E-state index is 0.397. The van der Waals surface area contributed by atoms with Gasteiger partial charge in [0.05, 0.1) is 0 Å². The summed E-state index contributed by atoms with van der Waals surface area (Å²) in [5, 5.41) is 7.73. The maximum atomic E-state index is 4.75. The molecule has 2 aromatic rings. The van der Waals surface area contributed by atoms with Crippen LogP contribution in [0.25, 0.3) is 11.5 Å². The smallest absolute Gasteiger partial charge is 0.180 e. The van der Waals surface area contributed by atoms with Crippen molar-refractivity contribution in [3.05, 3.63) is 23.5 Å². The molecule has 0 saturated heterocycles. The Morgan fingerprint density at radius 1 is 1.24 bits per heavy atom. The maximum Gasteiger partial charge on any atom is 0.180 e. The molecule has 21 heavy (non-hydrogen) atoms. The first-order valence-electron chi connectivity index (χ1n) is 7.73. The van der Waals surface area contributed by atoms with Crippen molar-refractivity contribution in [1.82, 2.24) is 19.7 Å². The van der Waals surface area contributed by atoms with Gasteiger partial charge in [0.2, 0.25) is 0 Å². The van der Waals surface area contributed by atoms with Crippen LogP contribution in [-0.2, 0) is 6.54 Å². The third-order valence-electron chi connectivity index (χ3n) is 3.44. The Morgan fingerprint density at radius 3 is 2.62 bits per heavy atom. The number of aryl methyl sites for hydroxylation is 2. The highest BCUT2D eigenvalue weighted by Gasteiger charge is 2.17. The first kappa shape index (κ1) is 15.5. The first-order chi connectivity index (χ1) is 10.1. The van der Waals surface area contributed by atoms with Crippen LogP contribution < -0.4 is 5.32 Å². The lowest BCUT2D eigenvalue weighted by atomic mass is 10.0. The molecule has 0 aliphatic heterocycles. The van der Waals surface area contributed by atoms with Gasteiger partial charge < -0.3 is 5.32 Å². The lowest BCUT2D eigenvalue weighted by molar-refractivity contribution is 0.606. The second-order valence-electron chi connectivity index (χ2n) is 5.52. The molecule has 114 valence electrons. The van der Waals surface area contributed by atoms with Gasteiger partial charge in [-0.1, -0.05) is 20.8 Å². The highest BCUT2D eigenvalue weighted by Crippen LogP contribution is 2.28. The average Bonchev–Trinajstić information content (AvgIpc) is 2.86. The van der Waals surface area contributed by atoms with E-state index in [9.17, 15) is 0 Å².